The predicted octanol–water partition coefficient (Wildman–Crippen LogP) is 1.77. The minimum Gasteiger partial charge on any atom is -0.368 e. The molecule has 4 N–H and O–H groups in total. The number of guanidine groups is 1. The van der Waals surface area contributed by atoms with Crippen molar-refractivity contribution in [1.29, 1.82) is 0 Å². The number of rotatable bonds is 7. The Bertz CT molecular complexity index is 721. The number of nitrogens with one attached hydrogen (secondary N) is 4. The molecular weight excluding hydrogens is 370 g/mol. The number of carbonyl (C=O) groups is 2. The summed E-state index contributed by atoms with van der Waals surface area (Å²) in [5, 5.41) is 12.0. The van der Waals surface area contributed by atoms with Gasteiger partial charge in [-0.1, -0.05) is 12.1 Å². The number of hydrogen-bond donors (Lipinski definition) is 4. The topological polar surface area (TPSA) is 104 Å². The summed E-state index contributed by atoms with van der Waals surface area (Å²) in [7, 11) is 0. The lowest BCUT2D eigenvalue weighted by molar-refractivity contribution is -0.124. The van der Waals surface area contributed by atoms with Crippen LogP contribution in [0.2, 0.25) is 0 Å². The van der Waals surface area contributed by atoms with Crippen molar-refractivity contribution in [2.24, 2.45) is 4.99 Å². The zero-order valence-corrected chi connectivity index (χ0v) is 17.8. The SMILES string of the molecule is CCNC(=NCc1cccc(NC(=O)C2CCCO2)c1)NCC(=O)NC(C)(C)C. The lowest BCUT2D eigenvalue weighted by Gasteiger charge is -2.21. The maximum absolute atomic E-state index is 12.2. The monoisotopic (exact) mass is 403 g/mol. The third-order valence-corrected chi connectivity index (χ3v) is 4.11. The maximum atomic E-state index is 12.2. The zero-order valence-electron chi connectivity index (χ0n) is 17.8. The molecule has 2 amide bonds. The summed E-state index contributed by atoms with van der Waals surface area (Å²) in [5.41, 5.74) is 1.40. The van der Waals surface area contributed by atoms with Crippen molar-refractivity contribution in [2.45, 2.75) is 58.7 Å². The van der Waals surface area contributed by atoms with Gasteiger partial charge in [-0.05, 0) is 58.2 Å². The van der Waals surface area contributed by atoms with Crippen LogP contribution in [0.4, 0.5) is 5.69 Å². The fraction of sp³-hybridized carbons (Fsp3) is 0.571. The Morgan fingerprint density at radius 3 is 2.69 bits per heavy atom. The van der Waals surface area contributed by atoms with Crippen LogP contribution in [0.15, 0.2) is 29.3 Å². The Balaban J connectivity index is 1.92. The van der Waals surface area contributed by atoms with E-state index >= 15 is 0 Å². The first kappa shape index (κ1) is 22.7. The molecule has 1 aliphatic rings. The number of ether oxygens (including phenoxy) is 1. The van der Waals surface area contributed by atoms with Gasteiger partial charge in [-0.15, -0.1) is 0 Å². The molecule has 1 unspecified atom stereocenters. The van der Waals surface area contributed by atoms with Crippen molar-refractivity contribution >= 4 is 23.5 Å². The fourth-order valence-electron chi connectivity index (χ4n) is 2.89. The van der Waals surface area contributed by atoms with Crippen LogP contribution in [0.5, 0.6) is 0 Å². The molecule has 8 nitrogen and oxygen atoms in total. The summed E-state index contributed by atoms with van der Waals surface area (Å²) in [6.07, 6.45) is 1.32. The average Bonchev–Trinajstić information content (AvgIpc) is 3.18. The largest absolute Gasteiger partial charge is 0.368 e. The van der Waals surface area contributed by atoms with E-state index in [2.05, 4.69) is 26.3 Å². The molecule has 1 saturated heterocycles. The molecule has 8 heteroatoms. The van der Waals surface area contributed by atoms with Gasteiger partial charge in [-0.2, -0.15) is 0 Å². The quantitative estimate of drug-likeness (QED) is 0.410. The van der Waals surface area contributed by atoms with Crippen molar-refractivity contribution < 1.29 is 14.3 Å². The molecule has 1 aliphatic heterocycles. The summed E-state index contributed by atoms with van der Waals surface area (Å²) in [4.78, 5) is 28.7. The summed E-state index contributed by atoms with van der Waals surface area (Å²) >= 11 is 0. The van der Waals surface area contributed by atoms with E-state index in [1.54, 1.807) is 0 Å². The molecule has 0 bridgehead atoms. The zero-order chi connectivity index (χ0) is 21.3. The first-order valence-corrected chi connectivity index (χ1v) is 10.1. The molecule has 0 spiro atoms. The van der Waals surface area contributed by atoms with Crippen LogP contribution in [-0.2, 0) is 20.9 Å². The van der Waals surface area contributed by atoms with Crippen LogP contribution in [0.25, 0.3) is 0 Å². The average molecular weight is 404 g/mol. The number of nitrogens with zero attached hydrogens (tertiary/aromatic N) is 1. The van der Waals surface area contributed by atoms with Gasteiger partial charge in [0, 0.05) is 24.4 Å². The fourth-order valence-corrected chi connectivity index (χ4v) is 2.89. The molecule has 0 aromatic heterocycles. The number of aliphatic imine (C=N–C) groups is 1. The van der Waals surface area contributed by atoms with E-state index in [1.807, 2.05) is 52.0 Å². The highest BCUT2D eigenvalue weighted by atomic mass is 16.5. The Kier molecular flexibility index (Phi) is 8.45. The van der Waals surface area contributed by atoms with Crippen molar-refractivity contribution in [2.75, 3.05) is 25.0 Å². The van der Waals surface area contributed by atoms with E-state index in [1.165, 1.54) is 0 Å². The van der Waals surface area contributed by atoms with Crippen LogP contribution >= 0.6 is 0 Å². The van der Waals surface area contributed by atoms with Crippen LogP contribution in [-0.4, -0.2) is 49.1 Å². The van der Waals surface area contributed by atoms with Gasteiger partial charge in [0.15, 0.2) is 5.96 Å². The van der Waals surface area contributed by atoms with Gasteiger partial charge >= 0.3 is 0 Å². The molecule has 160 valence electrons. The molecule has 0 radical (unpaired) electrons. The van der Waals surface area contributed by atoms with Crippen LogP contribution < -0.4 is 21.3 Å². The molecule has 29 heavy (non-hydrogen) atoms. The number of carbonyl (C=O) groups excluding carboxylic acids is 2. The van der Waals surface area contributed by atoms with E-state index in [9.17, 15) is 9.59 Å². The van der Waals surface area contributed by atoms with Gasteiger partial charge < -0.3 is 26.0 Å². The predicted molar refractivity (Wildman–Crippen MR) is 115 cm³/mol. The van der Waals surface area contributed by atoms with E-state index in [0.717, 1.165) is 24.1 Å². The molecule has 1 aromatic rings. The summed E-state index contributed by atoms with van der Waals surface area (Å²) in [5.74, 6) is 0.357. The van der Waals surface area contributed by atoms with E-state index < -0.39 is 0 Å². The summed E-state index contributed by atoms with van der Waals surface area (Å²) in [6.45, 7) is 9.66. The Hall–Kier alpha value is -2.61. The summed E-state index contributed by atoms with van der Waals surface area (Å²) < 4.78 is 5.42. The molecule has 1 fully saturated rings. The molecule has 2 rings (SSSR count). The van der Waals surface area contributed by atoms with Crippen molar-refractivity contribution in [3.05, 3.63) is 29.8 Å². The standard InChI is InChI=1S/C21H33N5O3/c1-5-22-20(24-14-18(27)26-21(2,3)4)23-13-15-8-6-9-16(12-15)25-19(28)17-10-7-11-29-17/h6,8-9,12,17H,5,7,10-11,13-14H2,1-4H3,(H,25,28)(H,26,27)(H2,22,23,24). The van der Waals surface area contributed by atoms with Gasteiger partial charge in [0.25, 0.3) is 5.91 Å². The maximum Gasteiger partial charge on any atom is 0.253 e. The van der Waals surface area contributed by atoms with E-state index in [4.69, 9.17) is 4.74 Å². The first-order chi connectivity index (χ1) is 13.8. The van der Waals surface area contributed by atoms with Crippen LogP contribution in [0.1, 0.15) is 46.1 Å². The Morgan fingerprint density at radius 2 is 2.03 bits per heavy atom. The highest BCUT2D eigenvalue weighted by molar-refractivity contribution is 5.94. The van der Waals surface area contributed by atoms with Crippen molar-refractivity contribution in [1.82, 2.24) is 16.0 Å². The van der Waals surface area contributed by atoms with Crippen molar-refractivity contribution in [3.63, 3.8) is 0 Å². The number of benzene rings is 1. The highest BCUT2D eigenvalue weighted by Crippen LogP contribution is 2.16. The third-order valence-electron chi connectivity index (χ3n) is 4.11. The van der Waals surface area contributed by atoms with E-state index in [0.29, 0.717) is 25.7 Å². The second-order valence-electron chi connectivity index (χ2n) is 8.04. The highest BCUT2D eigenvalue weighted by Gasteiger charge is 2.23. The van der Waals surface area contributed by atoms with Crippen LogP contribution in [0.3, 0.4) is 0 Å². The third kappa shape index (κ3) is 8.51. The van der Waals surface area contributed by atoms with Crippen molar-refractivity contribution in [3.8, 4) is 0 Å². The molecule has 0 saturated carbocycles. The Labute approximate surface area is 172 Å². The number of hydrogen-bond acceptors (Lipinski definition) is 4. The van der Waals surface area contributed by atoms with Gasteiger partial charge in [-0.3, -0.25) is 9.59 Å². The van der Waals surface area contributed by atoms with Gasteiger partial charge in [0.2, 0.25) is 5.91 Å². The van der Waals surface area contributed by atoms with E-state index in [-0.39, 0.29) is 30.0 Å². The lowest BCUT2D eigenvalue weighted by Crippen LogP contribution is -2.48. The molecule has 1 aromatic carbocycles. The van der Waals surface area contributed by atoms with Gasteiger partial charge in [0.05, 0.1) is 13.1 Å². The minimum atomic E-state index is -0.361. The smallest absolute Gasteiger partial charge is 0.253 e. The second kappa shape index (κ2) is 10.8. The molecular formula is C21H33N5O3. The van der Waals surface area contributed by atoms with Crippen LogP contribution in [0, 0.1) is 0 Å². The summed E-state index contributed by atoms with van der Waals surface area (Å²) in [6, 6.07) is 7.57. The molecule has 1 heterocycles. The molecule has 1 atom stereocenters. The second-order valence-corrected chi connectivity index (χ2v) is 8.04. The minimum absolute atomic E-state index is 0.0954. The Morgan fingerprint density at radius 1 is 1.24 bits per heavy atom. The number of anilines is 1. The first-order valence-electron chi connectivity index (χ1n) is 10.1. The molecule has 0 aliphatic carbocycles. The van der Waals surface area contributed by atoms with Gasteiger partial charge in [-0.25, -0.2) is 4.99 Å². The lowest BCUT2D eigenvalue weighted by atomic mass is 10.1. The number of amides is 2. The van der Waals surface area contributed by atoms with Gasteiger partial charge in [0.1, 0.15) is 6.10 Å². The normalized spacial score (nSPS) is 17.0.